The van der Waals surface area contributed by atoms with E-state index in [0.29, 0.717) is 28.4 Å². The van der Waals surface area contributed by atoms with Crippen LogP contribution >= 0.6 is 27.5 Å². The third-order valence-electron chi connectivity index (χ3n) is 3.44. The molecule has 1 aromatic carbocycles. The second kappa shape index (κ2) is 5.81. The van der Waals surface area contributed by atoms with Gasteiger partial charge in [0.15, 0.2) is 17.3 Å². The molecular weight excluding hydrogens is 356 g/mol. The normalized spacial score (nSPS) is 14.1. The molecule has 1 aliphatic rings. The zero-order chi connectivity index (χ0) is 15.0. The van der Waals surface area contributed by atoms with Crippen molar-refractivity contribution in [2.75, 3.05) is 14.2 Å². The minimum Gasteiger partial charge on any atom is -0.493 e. The molecule has 4 nitrogen and oxygen atoms in total. The summed E-state index contributed by atoms with van der Waals surface area (Å²) in [5, 5.41) is 0.441. The standard InChI is InChI=1S/C15H14BrClN2O2/c1-20-10-6-5-9(7-11(10)21-2)15-18-13(8-3-4-8)12(16)14(17)19-15/h5-8H,3-4H2,1-2H3. The van der Waals surface area contributed by atoms with Gasteiger partial charge in [-0.25, -0.2) is 9.97 Å². The molecule has 1 fully saturated rings. The van der Waals surface area contributed by atoms with Crippen LogP contribution in [-0.2, 0) is 0 Å². The Balaban J connectivity index is 2.08. The average molecular weight is 370 g/mol. The SMILES string of the molecule is COc1ccc(-c2nc(Cl)c(Br)c(C3CC3)n2)cc1OC. The lowest BCUT2D eigenvalue weighted by Crippen LogP contribution is -1.98. The molecule has 0 amide bonds. The minimum atomic E-state index is 0.441. The zero-order valence-corrected chi connectivity index (χ0v) is 14.0. The van der Waals surface area contributed by atoms with Gasteiger partial charge in [-0.15, -0.1) is 0 Å². The summed E-state index contributed by atoms with van der Waals surface area (Å²) in [6.45, 7) is 0. The van der Waals surface area contributed by atoms with E-state index in [-0.39, 0.29) is 0 Å². The molecule has 0 atom stereocenters. The quantitative estimate of drug-likeness (QED) is 0.747. The first-order valence-electron chi connectivity index (χ1n) is 6.59. The Morgan fingerprint density at radius 3 is 2.48 bits per heavy atom. The third kappa shape index (κ3) is 2.85. The highest BCUT2D eigenvalue weighted by atomic mass is 79.9. The number of nitrogens with zero attached hydrogens (tertiary/aromatic N) is 2. The number of hydrogen-bond donors (Lipinski definition) is 0. The van der Waals surface area contributed by atoms with Gasteiger partial charge in [0.1, 0.15) is 5.15 Å². The highest BCUT2D eigenvalue weighted by molar-refractivity contribution is 9.10. The topological polar surface area (TPSA) is 44.2 Å². The molecule has 0 radical (unpaired) electrons. The summed E-state index contributed by atoms with van der Waals surface area (Å²) in [6.07, 6.45) is 2.30. The van der Waals surface area contributed by atoms with Crippen molar-refractivity contribution < 1.29 is 9.47 Å². The highest BCUT2D eigenvalue weighted by Crippen LogP contribution is 2.44. The van der Waals surface area contributed by atoms with Gasteiger partial charge in [0, 0.05) is 11.5 Å². The molecule has 1 aliphatic carbocycles. The van der Waals surface area contributed by atoms with Crippen LogP contribution in [0.1, 0.15) is 24.5 Å². The van der Waals surface area contributed by atoms with Crippen molar-refractivity contribution in [3.05, 3.63) is 33.5 Å². The van der Waals surface area contributed by atoms with Gasteiger partial charge in [-0.05, 0) is 47.0 Å². The van der Waals surface area contributed by atoms with E-state index < -0.39 is 0 Å². The van der Waals surface area contributed by atoms with Gasteiger partial charge in [-0.2, -0.15) is 0 Å². The largest absolute Gasteiger partial charge is 0.493 e. The van der Waals surface area contributed by atoms with Crippen molar-refractivity contribution in [1.82, 2.24) is 9.97 Å². The first-order chi connectivity index (χ1) is 10.1. The summed E-state index contributed by atoms with van der Waals surface area (Å²) in [5.41, 5.74) is 1.84. The van der Waals surface area contributed by atoms with Crippen molar-refractivity contribution in [1.29, 1.82) is 0 Å². The van der Waals surface area contributed by atoms with E-state index in [2.05, 4.69) is 25.9 Å². The van der Waals surface area contributed by atoms with Crippen molar-refractivity contribution in [3.8, 4) is 22.9 Å². The van der Waals surface area contributed by atoms with Gasteiger partial charge in [0.25, 0.3) is 0 Å². The summed E-state index contributed by atoms with van der Waals surface area (Å²) in [5.74, 6) is 2.40. The van der Waals surface area contributed by atoms with E-state index in [1.165, 1.54) is 0 Å². The number of aromatic nitrogens is 2. The smallest absolute Gasteiger partial charge is 0.161 e. The number of rotatable bonds is 4. The van der Waals surface area contributed by atoms with E-state index in [1.807, 2.05) is 18.2 Å². The molecule has 0 saturated heterocycles. The Morgan fingerprint density at radius 2 is 1.86 bits per heavy atom. The summed E-state index contributed by atoms with van der Waals surface area (Å²) in [6, 6.07) is 5.59. The van der Waals surface area contributed by atoms with Gasteiger partial charge >= 0.3 is 0 Å². The lowest BCUT2D eigenvalue weighted by atomic mass is 10.1. The van der Waals surface area contributed by atoms with Crippen molar-refractivity contribution in [2.24, 2.45) is 0 Å². The molecule has 3 rings (SSSR count). The molecule has 0 N–H and O–H groups in total. The van der Waals surface area contributed by atoms with Crippen LogP contribution in [0.15, 0.2) is 22.7 Å². The molecule has 0 unspecified atom stereocenters. The second-order valence-electron chi connectivity index (χ2n) is 4.88. The van der Waals surface area contributed by atoms with Crippen molar-refractivity contribution in [2.45, 2.75) is 18.8 Å². The van der Waals surface area contributed by atoms with Gasteiger partial charge in [-0.1, -0.05) is 11.6 Å². The van der Waals surface area contributed by atoms with E-state index in [1.54, 1.807) is 14.2 Å². The number of halogens is 2. The van der Waals surface area contributed by atoms with Crippen LogP contribution in [0.3, 0.4) is 0 Å². The second-order valence-corrected chi connectivity index (χ2v) is 6.03. The van der Waals surface area contributed by atoms with Crippen LogP contribution in [0.2, 0.25) is 5.15 Å². The maximum Gasteiger partial charge on any atom is 0.161 e. The van der Waals surface area contributed by atoms with Crippen molar-refractivity contribution >= 4 is 27.5 Å². The van der Waals surface area contributed by atoms with Gasteiger partial charge in [-0.3, -0.25) is 0 Å². The maximum absolute atomic E-state index is 6.22. The van der Waals surface area contributed by atoms with E-state index in [0.717, 1.165) is 28.6 Å². The monoisotopic (exact) mass is 368 g/mol. The molecule has 6 heteroatoms. The maximum atomic E-state index is 6.22. The summed E-state index contributed by atoms with van der Waals surface area (Å²) >= 11 is 9.70. The zero-order valence-electron chi connectivity index (χ0n) is 11.7. The molecule has 1 heterocycles. The number of benzene rings is 1. The molecule has 2 aromatic rings. The number of methoxy groups -OCH3 is 2. The van der Waals surface area contributed by atoms with Crippen LogP contribution in [0, 0.1) is 0 Å². The molecule has 110 valence electrons. The molecular formula is C15H14BrClN2O2. The van der Waals surface area contributed by atoms with Crippen LogP contribution in [0.25, 0.3) is 11.4 Å². The summed E-state index contributed by atoms with van der Waals surface area (Å²) < 4.78 is 11.4. The van der Waals surface area contributed by atoms with Crippen molar-refractivity contribution in [3.63, 3.8) is 0 Å². The lowest BCUT2D eigenvalue weighted by molar-refractivity contribution is 0.355. The average Bonchev–Trinajstić information content (AvgIpc) is 3.33. The predicted octanol–water partition coefficient (Wildman–Crippen LogP) is 4.45. The molecule has 1 aromatic heterocycles. The van der Waals surface area contributed by atoms with Crippen LogP contribution in [0.4, 0.5) is 0 Å². The predicted molar refractivity (Wildman–Crippen MR) is 85.3 cm³/mol. The number of hydrogen-bond acceptors (Lipinski definition) is 4. The van der Waals surface area contributed by atoms with E-state index in [9.17, 15) is 0 Å². The third-order valence-corrected chi connectivity index (χ3v) is 4.73. The van der Waals surface area contributed by atoms with Gasteiger partial charge in [0.2, 0.25) is 0 Å². The van der Waals surface area contributed by atoms with Crippen LogP contribution in [0.5, 0.6) is 11.5 Å². The first-order valence-corrected chi connectivity index (χ1v) is 7.76. The molecule has 0 bridgehead atoms. The Morgan fingerprint density at radius 1 is 1.14 bits per heavy atom. The fraction of sp³-hybridized carbons (Fsp3) is 0.333. The lowest BCUT2D eigenvalue weighted by Gasteiger charge is -2.11. The van der Waals surface area contributed by atoms with Crippen LogP contribution < -0.4 is 9.47 Å². The Kier molecular flexibility index (Phi) is 4.04. The highest BCUT2D eigenvalue weighted by Gasteiger charge is 2.29. The molecule has 0 aliphatic heterocycles. The Labute approximate surface area is 136 Å². The van der Waals surface area contributed by atoms with Gasteiger partial charge in [0.05, 0.1) is 24.4 Å². The fourth-order valence-electron chi connectivity index (χ4n) is 2.17. The Bertz CT molecular complexity index is 690. The first kappa shape index (κ1) is 14.6. The molecule has 0 spiro atoms. The number of ether oxygens (including phenoxy) is 2. The van der Waals surface area contributed by atoms with Crippen LogP contribution in [-0.4, -0.2) is 24.2 Å². The summed E-state index contributed by atoms with van der Waals surface area (Å²) in [4.78, 5) is 9.01. The molecule has 21 heavy (non-hydrogen) atoms. The van der Waals surface area contributed by atoms with Gasteiger partial charge < -0.3 is 9.47 Å². The minimum absolute atomic E-state index is 0.441. The Hall–Kier alpha value is -1.33. The fourth-order valence-corrected chi connectivity index (χ4v) is 2.85. The molecule has 1 saturated carbocycles. The van der Waals surface area contributed by atoms with E-state index >= 15 is 0 Å². The van der Waals surface area contributed by atoms with E-state index in [4.69, 9.17) is 21.1 Å². The summed E-state index contributed by atoms with van der Waals surface area (Å²) in [7, 11) is 3.21.